The average Bonchev–Trinajstić information content (AvgIpc) is 3.04. The molecule has 0 amide bonds. The van der Waals surface area contributed by atoms with E-state index in [2.05, 4.69) is 35.4 Å². The molecule has 0 aliphatic rings. The van der Waals surface area contributed by atoms with E-state index in [0.29, 0.717) is 12.1 Å². The summed E-state index contributed by atoms with van der Waals surface area (Å²) in [7, 11) is 0. The van der Waals surface area contributed by atoms with Gasteiger partial charge >= 0.3 is 11.4 Å². The van der Waals surface area contributed by atoms with Crippen molar-refractivity contribution in [3.8, 4) is 5.75 Å². The van der Waals surface area contributed by atoms with Crippen LogP contribution >= 0.6 is 0 Å². The van der Waals surface area contributed by atoms with Crippen LogP contribution in [0.25, 0.3) is 5.52 Å². The standard InChI is InChI=1S/C11H14N2.C6H3N3O7/c1-3-4-10-11-6-5-9(2)13(11)8-7-12-10;10-6-4(8(13)14)1-3(7(11)12)2-5(6)9(15)16/h5-8H,3-4H2,1-2H3;1-2,10H. The highest BCUT2D eigenvalue weighted by Gasteiger charge is 2.30. The molecule has 0 spiro atoms. The second-order valence-electron chi connectivity index (χ2n) is 5.96. The maximum Gasteiger partial charge on any atom is 0.324 e. The Bertz CT molecular complexity index is 1060. The van der Waals surface area contributed by atoms with Crippen LogP contribution in [0.3, 0.4) is 0 Å². The van der Waals surface area contributed by atoms with E-state index in [1.807, 2.05) is 12.4 Å². The maximum atomic E-state index is 10.4. The number of aromatic nitrogens is 2. The predicted octanol–water partition coefficient (Wildman–Crippen LogP) is 3.71. The van der Waals surface area contributed by atoms with E-state index >= 15 is 0 Å². The van der Waals surface area contributed by atoms with Crippen LogP contribution in [0.2, 0.25) is 0 Å². The van der Waals surface area contributed by atoms with Crippen molar-refractivity contribution in [1.82, 2.24) is 9.38 Å². The van der Waals surface area contributed by atoms with Crippen LogP contribution in [0.15, 0.2) is 36.7 Å². The lowest BCUT2D eigenvalue weighted by atomic mass is 10.2. The summed E-state index contributed by atoms with van der Waals surface area (Å²) in [6.07, 6.45) is 6.11. The number of rotatable bonds is 5. The summed E-state index contributed by atoms with van der Waals surface area (Å²) in [6, 6.07) is 5.17. The fraction of sp³-hybridized carbons (Fsp3) is 0.235. The zero-order chi connectivity index (χ0) is 21.7. The SMILES string of the molecule is CCCc1nccn2c(C)ccc12.O=[N+]([O-])c1cc([N+](=O)[O-])c(O)c([N+](=O)[O-])c1. The predicted molar refractivity (Wildman–Crippen MR) is 102 cm³/mol. The van der Waals surface area contributed by atoms with Crippen molar-refractivity contribution < 1.29 is 19.9 Å². The molecule has 1 aromatic carbocycles. The number of phenolic OH excluding ortho intramolecular Hbond substituents is 1. The van der Waals surface area contributed by atoms with Crippen molar-refractivity contribution in [3.63, 3.8) is 0 Å². The lowest BCUT2D eigenvalue weighted by Crippen LogP contribution is -1.97. The molecule has 12 heteroatoms. The molecule has 152 valence electrons. The number of nitro groups is 3. The highest BCUT2D eigenvalue weighted by molar-refractivity contribution is 5.64. The minimum Gasteiger partial charge on any atom is -0.497 e. The van der Waals surface area contributed by atoms with E-state index in [1.165, 1.54) is 16.9 Å². The van der Waals surface area contributed by atoms with Gasteiger partial charge in [-0.25, -0.2) is 0 Å². The first-order valence-corrected chi connectivity index (χ1v) is 8.39. The summed E-state index contributed by atoms with van der Waals surface area (Å²) in [5.74, 6) is -1.21. The normalized spacial score (nSPS) is 10.3. The molecule has 2 heterocycles. The molecule has 0 atom stereocenters. The molecule has 0 unspecified atom stereocenters. The lowest BCUT2D eigenvalue weighted by Gasteiger charge is -2.02. The third kappa shape index (κ3) is 4.61. The monoisotopic (exact) mass is 403 g/mol. The third-order valence-corrected chi connectivity index (χ3v) is 4.01. The number of fused-ring (bicyclic) bond motifs is 1. The number of hydrogen-bond donors (Lipinski definition) is 1. The molecule has 1 N–H and O–H groups in total. The lowest BCUT2D eigenvalue weighted by molar-refractivity contribution is -0.404. The Morgan fingerprint density at radius 2 is 1.62 bits per heavy atom. The van der Waals surface area contributed by atoms with Gasteiger partial charge < -0.3 is 9.51 Å². The molecule has 29 heavy (non-hydrogen) atoms. The minimum absolute atomic E-state index is 0.447. The van der Waals surface area contributed by atoms with E-state index in [4.69, 9.17) is 5.11 Å². The van der Waals surface area contributed by atoms with Crippen LogP contribution in [-0.2, 0) is 6.42 Å². The molecule has 3 rings (SSSR count). The summed E-state index contributed by atoms with van der Waals surface area (Å²) >= 11 is 0. The number of nitrogens with zero attached hydrogens (tertiary/aromatic N) is 5. The molecule has 0 aliphatic carbocycles. The van der Waals surface area contributed by atoms with Gasteiger partial charge in [0.1, 0.15) is 0 Å². The van der Waals surface area contributed by atoms with E-state index in [0.717, 1.165) is 12.8 Å². The Labute approximate surface area is 163 Å². The van der Waals surface area contributed by atoms with Gasteiger partial charge in [-0.05, 0) is 25.5 Å². The van der Waals surface area contributed by atoms with Crippen LogP contribution in [-0.4, -0.2) is 29.3 Å². The Kier molecular flexibility index (Phi) is 6.39. The second-order valence-corrected chi connectivity index (χ2v) is 5.96. The van der Waals surface area contributed by atoms with E-state index in [1.54, 1.807) is 0 Å². The molecule has 12 nitrogen and oxygen atoms in total. The van der Waals surface area contributed by atoms with Crippen LogP contribution < -0.4 is 0 Å². The number of non-ortho nitro benzene ring substituents is 1. The summed E-state index contributed by atoms with van der Waals surface area (Å²) < 4.78 is 2.19. The van der Waals surface area contributed by atoms with Gasteiger partial charge in [-0.2, -0.15) is 0 Å². The number of benzene rings is 1. The van der Waals surface area contributed by atoms with Crippen LogP contribution in [0, 0.1) is 37.3 Å². The van der Waals surface area contributed by atoms with Crippen molar-refractivity contribution in [1.29, 1.82) is 0 Å². The fourth-order valence-corrected chi connectivity index (χ4v) is 2.64. The first kappa shape index (κ1) is 21.2. The summed E-state index contributed by atoms with van der Waals surface area (Å²) in [6.45, 7) is 4.30. The summed E-state index contributed by atoms with van der Waals surface area (Å²) in [5.41, 5.74) is 0.729. The Morgan fingerprint density at radius 3 is 2.10 bits per heavy atom. The number of aryl methyl sites for hydroxylation is 2. The summed E-state index contributed by atoms with van der Waals surface area (Å²) in [5, 5.41) is 40.2. The quantitative estimate of drug-likeness (QED) is 0.497. The first-order chi connectivity index (χ1) is 13.7. The topological polar surface area (TPSA) is 167 Å². The van der Waals surface area contributed by atoms with Crippen LogP contribution in [0.1, 0.15) is 24.7 Å². The van der Waals surface area contributed by atoms with Gasteiger partial charge in [0, 0.05) is 18.1 Å². The van der Waals surface area contributed by atoms with Gasteiger partial charge in [-0.3, -0.25) is 35.3 Å². The van der Waals surface area contributed by atoms with E-state index in [9.17, 15) is 30.3 Å². The second kappa shape index (κ2) is 8.73. The maximum absolute atomic E-state index is 10.4. The molecule has 0 saturated heterocycles. The van der Waals surface area contributed by atoms with Gasteiger partial charge in [0.25, 0.3) is 11.4 Å². The van der Waals surface area contributed by atoms with Gasteiger partial charge in [-0.1, -0.05) is 13.3 Å². The number of nitro benzene ring substituents is 3. The van der Waals surface area contributed by atoms with Crippen LogP contribution in [0.5, 0.6) is 5.75 Å². The highest BCUT2D eigenvalue weighted by Crippen LogP contribution is 2.38. The molecular weight excluding hydrogens is 386 g/mol. The van der Waals surface area contributed by atoms with Crippen molar-refractivity contribution in [2.75, 3.05) is 0 Å². The van der Waals surface area contributed by atoms with Gasteiger partial charge in [0.05, 0.1) is 38.1 Å². The Balaban J connectivity index is 0.000000211. The van der Waals surface area contributed by atoms with Crippen molar-refractivity contribution in [2.24, 2.45) is 0 Å². The Hall–Kier alpha value is -4.09. The number of phenols is 1. The first-order valence-electron chi connectivity index (χ1n) is 8.39. The van der Waals surface area contributed by atoms with Gasteiger partial charge in [0.15, 0.2) is 0 Å². The molecule has 0 bridgehead atoms. The zero-order valence-electron chi connectivity index (χ0n) is 15.5. The number of aromatic hydroxyl groups is 1. The molecule has 2 aromatic heterocycles. The van der Waals surface area contributed by atoms with E-state index < -0.39 is 37.6 Å². The van der Waals surface area contributed by atoms with Crippen molar-refractivity contribution in [2.45, 2.75) is 26.7 Å². The number of hydrogen-bond acceptors (Lipinski definition) is 8. The molecule has 3 aromatic rings. The minimum atomic E-state index is -1.21. The van der Waals surface area contributed by atoms with Gasteiger partial charge in [-0.15, -0.1) is 0 Å². The zero-order valence-corrected chi connectivity index (χ0v) is 15.5. The molecule has 0 saturated carbocycles. The average molecular weight is 403 g/mol. The smallest absolute Gasteiger partial charge is 0.324 e. The molecule has 0 aliphatic heterocycles. The van der Waals surface area contributed by atoms with Crippen molar-refractivity contribution in [3.05, 3.63) is 78.4 Å². The van der Waals surface area contributed by atoms with Gasteiger partial charge in [0.2, 0.25) is 0 Å². The Morgan fingerprint density at radius 1 is 1.03 bits per heavy atom. The fourth-order valence-electron chi connectivity index (χ4n) is 2.64. The third-order valence-electron chi connectivity index (χ3n) is 4.01. The highest BCUT2D eigenvalue weighted by atomic mass is 16.6. The molecular formula is C17H17N5O7. The molecule has 0 fully saturated rings. The van der Waals surface area contributed by atoms with Crippen molar-refractivity contribution >= 4 is 22.6 Å². The largest absolute Gasteiger partial charge is 0.497 e. The van der Waals surface area contributed by atoms with Crippen LogP contribution in [0.4, 0.5) is 17.1 Å². The molecule has 0 radical (unpaired) electrons. The summed E-state index contributed by atoms with van der Waals surface area (Å²) in [4.78, 5) is 32.2. The van der Waals surface area contributed by atoms with E-state index in [-0.39, 0.29) is 0 Å².